The van der Waals surface area contributed by atoms with E-state index in [1.807, 2.05) is 17.5 Å². The number of carbonyl (C=O) groups excluding carboxylic acids is 1. The maximum absolute atomic E-state index is 13.2. The highest BCUT2D eigenvalue weighted by molar-refractivity contribution is 7.10. The highest BCUT2D eigenvalue weighted by Crippen LogP contribution is 2.26. The van der Waals surface area contributed by atoms with Crippen molar-refractivity contribution in [1.82, 2.24) is 5.32 Å². The van der Waals surface area contributed by atoms with Gasteiger partial charge in [-0.25, -0.2) is 4.39 Å². The maximum Gasteiger partial charge on any atom is 0.258 e. The number of halogens is 2. The van der Waals surface area contributed by atoms with Gasteiger partial charge in [-0.15, -0.1) is 11.3 Å². The number of nitrogens with one attached hydrogen (secondary N) is 1. The molecule has 1 unspecified atom stereocenters. The third kappa shape index (κ3) is 4.81. The van der Waals surface area contributed by atoms with E-state index in [0.717, 1.165) is 10.4 Å². The fourth-order valence-electron chi connectivity index (χ4n) is 2.31. The molecule has 1 N–H and O–H groups in total. The second-order valence-electron chi connectivity index (χ2n) is 5.31. The van der Waals surface area contributed by atoms with E-state index < -0.39 is 0 Å². The minimum Gasteiger partial charge on any atom is -0.484 e. The van der Waals surface area contributed by atoms with Gasteiger partial charge in [-0.3, -0.25) is 4.79 Å². The molecule has 0 aliphatic rings. The van der Waals surface area contributed by atoms with E-state index in [9.17, 15) is 9.18 Å². The Bertz CT molecular complexity index is 820. The molecule has 0 bridgehead atoms. The highest BCUT2D eigenvalue weighted by Gasteiger charge is 2.18. The van der Waals surface area contributed by atoms with Gasteiger partial charge in [-0.05, 0) is 53.4 Å². The van der Waals surface area contributed by atoms with Gasteiger partial charge in [0.15, 0.2) is 6.61 Å². The number of hydrogen-bond donors (Lipinski definition) is 1. The zero-order chi connectivity index (χ0) is 17.6. The van der Waals surface area contributed by atoms with Crippen LogP contribution >= 0.6 is 22.9 Å². The Labute approximate surface area is 154 Å². The molecular weight excluding hydrogens is 361 g/mol. The molecule has 0 fully saturated rings. The first-order valence-electron chi connectivity index (χ1n) is 7.58. The summed E-state index contributed by atoms with van der Waals surface area (Å²) in [6.45, 7) is -0.120. The van der Waals surface area contributed by atoms with Crippen LogP contribution in [0.25, 0.3) is 0 Å². The SMILES string of the molecule is O=C(COc1ccc(Cl)cc1)NC(c1ccc(F)cc1)c1cccs1. The maximum atomic E-state index is 13.2. The molecule has 25 heavy (non-hydrogen) atoms. The summed E-state index contributed by atoms with van der Waals surface area (Å²) < 4.78 is 18.6. The number of carbonyl (C=O) groups is 1. The van der Waals surface area contributed by atoms with Crippen molar-refractivity contribution in [3.63, 3.8) is 0 Å². The van der Waals surface area contributed by atoms with E-state index in [4.69, 9.17) is 16.3 Å². The van der Waals surface area contributed by atoms with Crippen molar-refractivity contribution < 1.29 is 13.9 Å². The lowest BCUT2D eigenvalue weighted by Gasteiger charge is -2.18. The number of thiophene rings is 1. The van der Waals surface area contributed by atoms with Gasteiger partial charge in [0.25, 0.3) is 5.91 Å². The highest BCUT2D eigenvalue weighted by atomic mass is 35.5. The first-order chi connectivity index (χ1) is 12.1. The number of rotatable bonds is 6. The standard InChI is InChI=1S/C19H15ClFNO2S/c20-14-5-9-16(10-6-14)24-12-18(23)22-19(17-2-1-11-25-17)13-3-7-15(21)8-4-13/h1-11,19H,12H2,(H,22,23). The molecule has 1 amide bonds. The van der Waals surface area contributed by atoms with Crippen LogP contribution in [0.3, 0.4) is 0 Å². The van der Waals surface area contributed by atoms with Gasteiger partial charge in [0.05, 0.1) is 6.04 Å². The van der Waals surface area contributed by atoms with Crippen LogP contribution in [0.15, 0.2) is 66.0 Å². The van der Waals surface area contributed by atoms with Crippen molar-refractivity contribution in [2.75, 3.05) is 6.61 Å². The molecule has 1 atom stereocenters. The van der Waals surface area contributed by atoms with Gasteiger partial charge in [0, 0.05) is 9.90 Å². The zero-order valence-corrected chi connectivity index (χ0v) is 14.7. The Morgan fingerprint density at radius 1 is 1.12 bits per heavy atom. The third-order valence-corrected chi connectivity index (χ3v) is 4.71. The fraction of sp³-hybridized carbons (Fsp3) is 0.105. The van der Waals surface area contributed by atoms with Gasteiger partial charge >= 0.3 is 0 Å². The van der Waals surface area contributed by atoms with Crippen LogP contribution < -0.4 is 10.1 Å². The van der Waals surface area contributed by atoms with Gasteiger partial charge < -0.3 is 10.1 Å². The van der Waals surface area contributed by atoms with E-state index in [1.165, 1.54) is 23.5 Å². The number of ether oxygens (including phenoxy) is 1. The minimum atomic E-state index is -0.345. The number of hydrogen-bond acceptors (Lipinski definition) is 3. The van der Waals surface area contributed by atoms with Crippen LogP contribution in [-0.2, 0) is 4.79 Å². The van der Waals surface area contributed by atoms with E-state index in [-0.39, 0.29) is 24.4 Å². The number of benzene rings is 2. The number of amides is 1. The third-order valence-electron chi connectivity index (χ3n) is 3.52. The molecule has 2 aromatic carbocycles. The van der Waals surface area contributed by atoms with Crippen molar-refractivity contribution in [2.45, 2.75) is 6.04 Å². The van der Waals surface area contributed by atoms with Crippen molar-refractivity contribution in [3.05, 3.63) is 87.3 Å². The molecule has 3 aromatic rings. The Morgan fingerprint density at radius 3 is 2.48 bits per heavy atom. The molecular formula is C19H15ClFNO2S. The molecule has 0 aliphatic carbocycles. The second kappa shape index (κ2) is 8.14. The quantitative estimate of drug-likeness (QED) is 0.670. The van der Waals surface area contributed by atoms with Crippen LogP contribution in [0.5, 0.6) is 5.75 Å². The van der Waals surface area contributed by atoms with Crippen molar-refractivity contribution in [3.8, 4) is 5.75 Å². The summed E-state index contributed by atoms with van der Waals surface area (Å²) >= 11 is 7.34. The smallest absolute Gasteiger partial charge is 0.258 e. The summed E-state index contributed by atoms with van der Waals surface area (Å²) in [7, 11) is 0. The lowest BCUT2D eigenvalue weighted by Crippen LogP contribution is -2.32. The summed E-state index contributed by atoms with van der Waals surface area (Å²) in [5.41, 5.74) is 0.809. The summed E-state index contributed by atoms with van der Waals surface area (Å²) in [5, 5.41) is 5.47. The summed E-state index contributed by atoms with van der Waals surface area (Å²) in [5.74, 6) is -0.0160. The monoisotopic (exact) mass is 375 g/mol. The molecule has 0 saturated heterocycles. The first-order valence-corrected chi connectivity index (χ1v) is 8.84. The predicted molar refractivity (Wildman–Crippen MR) is 97.7 cm³/mol. The van der Waals surface area contributed by atoms with Gasteiger partial charge in [-0.2, -0.15) is 0 Å². The Balaban J connectivity index is 1.68. The summed E-state index contributed by atoms with van der Waals surface area (Å²) in [6.07, 6.45) is 0. The Kier molecular flexibility index (Phi) is 5.68. The van der Waals surface area contributed by atoms with Crippen molar-refractivity contribution in [2.24, 2.45) is 0 Å². The molecule has 6 heteroatoms. The lowest BCUT2D eigenvalue weighted by molar-refractivity contribution is -0.123. The van der Waals surface area contributed by atoms with Crippen molar-refractivity contribution >= 4 is 28.8 Å². The molecule has 3 rings (SSSR count). The molecule has 1 aromatic heterocycles. The Morgan fingerprint density at radius 2 is 1.84 bits per heavy atom. The molecule has 0 spiro atoms. The van der Waals surface area contributed by atoms with Crippen LogP contribution in [-0.4, -0.2) is 12.5 Å². The average molecular weight is 376 g/mol. The average Bonchev–Trinajstić information content (AvgIpc) is 3.14. The van der Waals surface area contributed by atoms with Gasteiger partial charge in [0.2, 0.25) is 0 Å². The van der Waals surface area contributed by atoms with E-state index in [1.54, 1.807) is 36.4 Å². The molecule has 0 saturated carbocycles. The van der Waals surface area contributed by atoms with E-state index in [2.05, 4.69) is 5.32 Å². The van der Waals surface area contributed by atoms with Crippen LogP contribution in [0, 0.1) is 5.82 Å². The normalized spacial score (nSPS) is 11.8. The first kappa shape index (κ1) is 17.5. The molecule has 0 radical (unpaired) electrons. The second-order valence-corrected chi connectivity index (χ2v) is 6.73. The predicted octanol–water partition coefficient (Wildman–Crippen LogP) is 4.83. The zero-order valence-electron chi connectivity index (χ0n) is 13.1. The van der Waals surface area contributed by atoms with E-state index >= 15 is 0 Å². The fourth-order valence-corrected chi connectivity index (χ4v) is 3.24. The van der Waals surface area contributed by atoms with Crippen molar-refractivity contribution in [1.29, 1.82) is 0 Å². The van der Waals surface area contributed by atoms with Gasteiger partial charge in [-0.1, -0.05) is 29.8 Å². The molecule has 0 aliphatic heterocycles. The van der Waals surface area contributed by atoms with Crippen LogP contribution in [0.1, 0.15) is 16.5 Å². The Hall–Kier alpha value is -2.37. The topological polar surface area (TPSA) is 38.3 Å². The largest absolute Gasteiger partial charge is 0.484 e. The van der Waals surface area contributed by atoms with Crippen LogP contribution in [0.4, 0.5) is 4.39 Å². The van der Waals surface area contributed by atoms with Crippen LogP contribution in [0.2, 0.25) is 5.02 Å². The lowest BCUT2D eigenvalue weighted by atomic mass is 10.1. The van der Waals surface area contributed by atoms with E-state index in [0.29, 0.717) is 10.8 Å². The minimum absolute atomic E-state index is 0.120. The summed E-state index contributed by atoms with van der Waals surface area (Å²) in [4.78, 5) is 13.3. The van der Waals surface area contributed by atoms with Gasteiger partial charge in [0.1, 0.15) is 11.6 Å². The molecule has 3 nitrogen and oxygen atoms in total. The summed E-state index contributed by atoms with van der Waals surface area (Å²) in [6, 6.07) is 16.4. The molecule has 128 valence electrons. The molecule has 1 heterocycles.